The van der Waals surface area contributed by atoms with Crippen LogP contribution >= 0.6 is 11.6 Å². The molecule has 1 aliphatic heterocycles. The third kappa shape index (κ3) is 4.48. The Kier molecular flexibility index (Phi) is 5.93. The Bertz CT molecular complexity index is 1170. The van der Waals surface area contributed by atoms with Crippen LogP contribution in [0.15, 0.2) is 53.6 Å². The minimum absolute atomic E-state index is 0.0425. The monoisotopic (exact) mass is 452 g/mol. The Labute approximate surface area is 192 Å². The van der Waals surface area contributed by atoms with Crippen molar-refractivity contribution >= 4 is 23.7 Å². The molecule has 0 fully saturated rings. The van der Waals surface area contributed by atoms with Gasteiger partial charge in [0.15, 0.2) is 11.5 Å². The predicted octanol–water partition coefficient (Wildman–Crippen LogP) is 4.42. The van der Waals surface area contributed by atoms with Gasteiger partial charge in [0.1, 0.15) is 11.8 Å². The van der Waals surface area contributed by atoms with Gasteiger partial charge in [-0.05, 0) is 42.2 Å². The van der Waals surface area contributed by atoms with Gasteiger partial charge in [0.05, 0.1) is 23.2 Å². The maximum Gasteiger partial charge on any atom is 0.284 e. The van der Waals surface area contributed by atoms with Crippen LogP contribution in [0.4, 0.5) is 0 Å². The molecule has 8 heteroatoms. The van der Waals surface area contributed by atoms with Crippen molar-refractivity contribution in [1.82, 2.24) is 15.2 Å². The van der Waals surface area contributed by atoms with Crippen molar-refractivity contribution in [1.29, 1.82) is 0 Å². The molecule has 0 aliphatic carbocycles. The maximum atomic E-state index is 12.6. The fourth-order valence-corrected chi connectivity index (χ4v) is 3.62. The summed E-state index contributed by atoms with van der Waals surface area (Å²) < 4.78 is 13.2. The van der Waals surface area contributed by atoms with Gasteiger partial charge < -0.3 is 9.47 Å². The number of rotatable bonds is 4. The summed E-state index contributed by atoms with van der Waals surface area (Å²) >= 11 is 6.49. The molecule has 2 heterocycles. The molecule has 1 aliphatic rings. The number of aryl methyl sites for hydroxylation is 1. The van der Waals surface area contributed by atoms with Crippen LogP contribution in [-0.2, 0) is 10.2 Å². The molecule has 0 unspecified atom stereocenters. The number of carbonyl (C=O) groups is 1. The van der Waals surface area contributed by atoms with E-state index in [1.54, 1.807) is 4.68 Å². The molecule has 1 N–H and O–H groups in total. The van der Waals surface area contributed by atoms with Crippen molar-refractivity contribution in [2.75, 3.05) is 6.61 Å². The van der Waals surface area contributed by atoms with Gasteiger partial charge in [-0.15, -0.1) is 0 Å². The maximum absolute atomic E-state index is 12.6. The van der Waals surface area contributed by atoms with Crippen molar-refractivity contribution in [2.45, 2.75) is 39.2 Å². The number of para-hydroxylation sites is 1. The zero-order valence-corrected chi connectivity index (χ0v) is 19.2. The Balaban J connectivity index is 1.44. The number of benzene rings is 2. The number of nitrogens with zero attached hydrogens (tertiary/aromatic N) is 3. The number of ether oxygens (including phenoxy) is 2. The lowest BCUT2D eigenvalue weighted by atomic mass is 9.87. The van der Waals surface area contributed by atoms with E-state index >= 15 is 0 Å². The van der Waals surface area contributed by atoms with Gasteiger partial charge >= 0.3 is 0 Å². The van der Waals surface area contributed by atoms with E-state index in [0.29, 0.717) is 27.9 Å². The van der Waals surface area contributed by atoms with Crippen LogP contribution in [0.2, 0.25) is 5.15 Å². The molecule has 166 valence electrons. The predicted molar refractivity (Wildman–Crippen MR) is 124 cm³/mol. The van der Waals surface area contributed by atoms with E-state index < -0.39 is 12.0 Å². The van der Waals surface area contributed by atoms with E-state index in [-0.39, 0.29) is 12.0 Å². The normalized spacial score (nSPS) is 15.7. The summed E-state index contributed by atoms with van der Waals surface area (Å²) in [7, 11) is 0. The zero-order valence-electron chi connectivity index (χ0n) is 18.4. The van der Waals surface area contributed by atoms with Crippen LogP contribution in [-0.4, -0.2) is 34.6 Å². The molecule has 7 nitrogen and oxygen atoms in total. The number of aromatic nitrogens is 2. The summed E-state index contributed by atoms with van der Waals surface area (Å²) in [5.74, 6) is 0.773. The first kappa shape index (κ1) is 21.9. The minimum Gasteiger partial charge on any atom is -0.485 e. The van der Waals surface area contributed by atoms with Crippen molar-refractivity contribution in [2.24, 2.45) is 5.10 Å². The average Bonchev–Trinajstić information content (AvgIpc) is 3.06. The highest BCUT2D eigenvalue weighted by Crippen LogP contribution is 2.36. The highest BCUT2D eigenvalue weighted by Gasteiger charge is 2.28. The molecule has 0 saturated carbocycles. The molecule has 0 spiro atoms. The Hall–Kier alpha value is -3.32. The second-order valence-corrected chi connectivity index (χ2v) is 8.96. The van der Waals surface area contributed by atoms with Crippen LogP contribution in [0.1, 0.15) is 37.6 Å². The SMILES string of the molecule is Cc1nn(-c2ccccc2)c(Cl)c1/C=N/NC(=O)[C@@H]1COc2ccc(C(C)(C)C)cc2O1. The third-order valence-electron chi connectivity index (χ3n) is 5.18. The quantitative estimate of drug-likeness (QED) is 0.469. The van der Waals surface area contributed by atoms with Crippen LogP contribution in [0.5, 0.6) is 11.5 Å². The van der Waals surface area contributed by atoms with Gasteiger partial charge in [-0.3, -0.25) is 4.79 Å². The average molecular weight is 453 g/mol. The van der Waals surface area contributed by atoms with Crippen molar-refractivity contribution < 1.29 is 14.3 Å². The number of nitrogens with one attached hydrogen (secondary N) is 1. The zero-order chi connectivity index (χ0) is 22.9. The standard InChI is InChI=1S/C24H25ClN4O3/c1-15-18(22(25)29(28-15)17-8-6-5-7-9-17)13-26-27-23(30)21-14-31-19-11-10-16(24(2,3)4)12-20(19)32-21/h5-13,21H,14H2,1-4H3,(H,27,30)/b26-13+/t21-/m0/s1. The second kappa shape index (κ2) is 8.67. The first-order chi connectivity index (χ1) is 15.2. The van der Waals surface area contributed by atoms with Crippen LogP contribution in [0.3, 0.4) is 0 Å². The molecule has 2 aromatic carbocycles. The molecule has 4 rings (SSSR count). The summed E-state index contributed by atoms with van der Waals surface area (Å²) in [6, 6.07) is 15.3. The highest BCUT2D eigenvalue weighted by molar-refractivity contribution is 6.32. The number of fused-ring (bicyclic) bond motifs is 1. The third-order valence-corrected chi connectivity index (χ3v) is 5.54. The summed E-state index contributed by atoms with van der Waals surface area (Å²) in [6.07, 6.45) is 0.677. The summed E-state index contributed by atoms with van der Waals surface area (Å²) in [6.45, 7) is 8.28. The molecule has 1 atom stereocenters. The molecule has 32 heavy (non-hydrogen) atoms. The lowest BCUT2D eigenvalue weighted by Crippen LogP contribution is -2.42. The van der Waals surface area contributed by atoms with Gasteiger partial charge in [-0.2, -0.15) is 10.2 Å². The van der Waals surface area contributed by atoms with E-state index in [0.717, 1.165) is 11.3 Å². The fourth-order valence-electron chi connectivity index (χ4n) is 3.30. The summed E-state index contributed by atoms with van der Waals surface area (Å²) in [4.78, 5) is 12.6. The van der Waals surface area contributed by atoms with Gasteiger partial charge in [-0.1, -0.05) is 56.6 Å². The number of carbonyl (C=O) groups excluding carboxylic acids is 1. The van der Waals surface area contributed by atoms with Crippen molar-refractivity contribution in [3.05, 3.63) is 70.5 Å². The molecule has 0 bridgehead atoms. The molecular weight excluding hydrogens is 428 g/mol. The molecule has 3 aromatic rings. The molecular formula is C24H25ClN4O3. The van der Waals surface area contributed by atoms with E-state index in [1.807, 2.05) is 55.5 Å². The lowest BCUT2D eigenvalue weighted by Gasteiger charge is -2.27. The van der Waals surface area contributed by atoms with Crippen molar-refractivity contribution in [3.63, 3.8) is 0 Å². The smallest absolute Gasteiger partial charge is 0.284 e. The highest BCUT2D eigenvalue weighted by atomic mass is 35.5. The van der Waals surface area contributed by atoms with Crippen LogP contribution in [0.25, 0.3) is 5.69 Å². The first-order valence-corrected chi connectivity index (χ1v) is 10.7. The number of hydrazone groups is 1. The second-order valence-electron chi connectivity index (χ2n) is 8.60. The van der Waals surface area contributed by atoms with Gasteiger partial charge in [0, 0.05) is 0 Å². The van der Waals surface area contributed by atoms with Gasteiger partial charge in [-0.25, -0.2) is 10.1 Å². The largest absolute Gasteiger partial charge is 0.485 e. The molecule has 1 amide bonds. The van der Waals surface area contributed by atoms with Crippen molar-refractivity contribution in [3.8, 4) is 17.2 Å². The molecule has 0 saturated heterocycles. The van der Waals surface area contributed by atoms with Crippen LogP contribution in [0, 0.1) is 6.92 Å². The fraction of sp³-hybridized carbons (Fsp3) is 0.292. The van der Waals surface area contributed by atoms with Gasteiger partial charge in [0.25, 0.3) is 5.91 Å². The number of hydrogen-bond donors (Lipinski definition) is 1. The topological polar surface area (TPSA) is 77.7 Å². The Morgan fingerprint density at radius 2 is 1.97 bits per heavy atom. The van der Waals surface area contributed by atoms with E-state index in [2.05, 4.69) is 36.4 Å². The molecule has 0 radical (unpaired) electrons. The Morgan fingerprint density at radius 1 is 1.22 bits per heavy atom. The van der Waals surface area contributed by atoms with E-state index in [4.69, 9.17) is 21.1 Å². The van der Waals surface area contributed by atoms with Crippen LogP contribution < -0.4 is 14.9 Å². The number of halogens is 1. The van der Waals surface area contributed by atoms with E-state index in [9.17, 15) is 4.79 Å². The summed E-state index contributed by atoms with van der Waals surface area (Å²) in [5.41, 5.74) is 5.72. The number of hydrogen-bond acceptors (Lipinski definition) is 5. The number of amides is 1. The summed E-state index contributed by atoms with van der Waals surface area (Å²) in [5, 5.41) is 8.93. The minimum atomic E-state index is -0.807. The molecule has 1 aromatic heterocycles. The Morgan fingerprint density at radius 3 is 2.69 bits per heavy atom. The first-order valence-electron chi connectivity index (χ1n) is 10.3. The van der Waals surface area contributed by atoms with Gasteiger partial charge in [0.2, 0.25) is 6.10 Å². The van der Waals surface area contributed by atoms with E-state index in [1.165, 1.54) is 6.21 Å². The lowest BCUT2D eigenvalue weighted by molar-refractivity contribution is -0.130.